The normalized spacial score (nSPS) is 10.3. The lowest BCUT2D eigenvalue weighted by Crippen LogP contribution is -2.11. The van der Waals surface area contributed by atoms with Crippen LogP contribution in [-0.4, -0.2) is 15.8 Å². The molecular formula is C13H10Br2N2O. The van der Waals surface area contributed by atoms with Crippen LogP contribution in [0.4, 0.5) is 0 Å². The molecule has 0 atom stereocenters. The third-order valence-corrected chi connectivity index (χ3v) is 3.71. The number of halogens is 2. The summed E-state index contributed by atoms with van der Waals surface area (Å²) in [6.07, 6.45) is 3.24. The first-order valence-electron chi connectivity index (χ1n) is 5.32. The molecule has 0 N–H and O–H groups in total. The average molecular weight is 370 g/mol. The van der Waals surface area contributed by atoms with Crippen molar-refractivity contribution >= 4 is 37.6 Å². The van der Waals surface area contributed by atoms with Crippen LogP contribution in [0.3, 0.4) is 0 Å². The van der Waals surface area contributed by atoms with Crippen molar-refractivity contribution in [1.82, 2.24) is 9.97 Å². The molecule has 0 radical (unpaired) electrons. The maximum absolute atomic E-state index is 12.4. The Hall–Kier alpha value is -1.07. The molecular weight excluding hydrogens is 360 g/mol. The van der Waals surface area contributed by atoms with E-state index in [1.165, 1.54) is 0 Å². The van der Waals surface area contributed by atoms with Crippen LogP contribution < -0.4 is 0 Å². The summed E-state index contributed by atoms with van der Waals surface area (Å²) >= 11 is 6.73. The number of aromatic nitrogens is 2. The molecule has 0 aliphatic heterocycles. The number of hydrogen-bond donors (Lipinski definition) is 0. The van der Waals surface area contributed by atoms with Gasteiger partial charge in [-0.05, 0) is 23.3 Å². The van der Waals surface area contributed by atoms with E-state index in [1.54, 1.807) is 12.4 Å². The quantitative estimate of drug-likeness (QED) is 0.611. The molecule has 0 aliphatic rings. The van der Waals surface area contributed by atoms with E-state index in [0.717, 1.165) is 11.1 Å². The van der Waals surface area contributed by atoms with Crippen LogP contribution in [0.15, 0.2) is 36.7 Å². The van der Waals surface area contributed by atoms with Crippen LogP contribution in [0, 0.1) is 0 Å². The fourth-order valence-corrected chi connectivity index (χ4v) is 2.52. The molecule has 2 aromatic rings. The summed E-state index contributed by atoms with van der Waals surface area (Å²) in [4.78, 5) is 20.8. The number of nitrogens with zero attached hydrogens (tertiary/aromatic N) is 2. The smallest absolute Gasteiger partial charge is 0.230 e. The van der Waals surface area contributed by atoms with Crippen molar-refractivity contribution in [3.05, 3.63) is 59.2 Å². The number of hydrogen-bond acceptors (Lipinski definition) is 3. The van der Waals surface area contributed by atoms with Crippen molar-refractivity contribution in [2.75, 3.05) is 0 Å². The van der Waals surface area contributed by atoms with Gasteiger partial charge in [0.2, 0.25) is 5.78 Å². The van der Waals surface area contributed by atoms with Crippen molar-refractivity contribution in [3.63, 3.8) is 0 Å². The minimum atomic E-state index is -0.139. The van der Waals surface area contributed by atoms with Gasteiger partial charge in [0.1, 0.15) is 11.4 Å². The topological polar surface area (TPSA) is 42.9 Å². The van der Waals surface area contributed by atoms with Gasteiger partial charge in [0.05, 0.1) is 0 Å². The summed E-state index contributed by atoms with van der Waals surface area (Å²) in [5.41, 5.74) is 2.65. The minimum absolute atomic E-state index is 0.139. The standard InChI is InChI=1S/C13H10Br2N2O/c14-7-9-3-1-5-16-11(9)13(18)12-10(8-15)4-2-6-17-12/h1-6H,7-8H2. The first-order chi connectivity index (χ1) is 8.77. The summed E-state index contributed by atoms with van der Waals surface area (Å²) in [6, 6.07) is 7.39. The van der Waals surface area contributed by atoms with E-state index in [-0.39, 0.29) is 5.78 Å². The molecule has 0 saturated heterocycles. The Bertz CT molecular complexity index is 523. The Balaban J connectivity index is 2.48. The second-order valence-corrected chi connectivity index (χ2v) is 4.74. The molecule has 0 saturated carbocycles. The Kier molecular flexibility index (Phi) is 4.60. The SMILES string of the molecule is O=C(c1ncccc1CBr)c1ncccc1CBr. The molecule has 3 nitrogen and oxygen atoms in total. The number of carbonyl (C=O) groups is 1. The second-order valence-electron chi connectivity index (χ2n) is 3.62. The van der Waals surface area contributed by atoms with E-state index in [0.29, 0.717) is 22.0 Å². The molecule has 0 aliphatic carbocycles. The highest BCUT2D eigenvalue weighted by Gasteiger charge is 2.18. The zero-order valence-corrected chi connectivity index (χ0v) is 12.6. The molecule has 2 aromatic heterocycles. The molecule has 5 heteroatoms. The number of ketones is 1. The van der Waals surface area contributed by atoms with Crippen LogP contribution in [0.25, 0.3) is 0 Å². The van der Waals surface area contributed by atoms with Crippen molar-refractivity contribution in [2.24, 2.45) is 0 Å². The van der Waals surface area contributed by atoms with Crippen molar-refractivity contribution in [3.8, 4) is 0 Å². The van der Waals surface area contributed by atoms with Crippen LogP contribution in [0.5, 0.6) is 0 Å². The highest BCUT2D eigenvalue weighted by Crippen LogP contribution is 2.17. The molecule has 0 spiro atoms. The van der Waals surface area contributed by atoms with Gasteiger partial charge in [0.25, 0.3) is 0 Å². The lowest BCUT2D eigenvalue weighted by molar-refractivity contribution is 0.102. The fourth-order valence-electron chi connectivity index (χ4n) is 1.61. The van der Waals surface area contributed by atoms with Gasteiger partial charge in [-0.1, -0.05) is 44.0 Å². The van der Waals surface area contributed by atoms with E-state index in [4.69, 9.17) is 0 Å². The first kappa shape index (κ1) is 13.4. The van der Waals surface area contributed by atoms with Gasteiger partial charge in [0.15, 0.2) is 0 Å². The average Bonchev–Trinajstić information content (AvgIpc) is 2.46. The molecule has 0 unspecified atom stereocenters. The van der Waals surface area contributed by atoms with Gasteiger partial charge in [-0.25, -0.2) is 0 Å². The highest BCUT2D eigenvalue weighted by molar-refractivity contribution is 9.08. The van der Waals surface area contributed by atoms with Gasteiger partial charge in [-0.3, -0.25) is 14.8 Å². The molecule has 18 heavy (non-hydrogen) atoms. The van der Waals surface area contributed by atoms with Crippen LogP contribution in [-0.2, 0) is 10.7 Å². The Labute approximate surface area is 122 Å². The van der Waals surface area contributed by atoms with E-state index in [9.17, 15) is 4.79 Å². The maximum Gasteiger partial charge on any atom is 0.230 e. The maximum atomic E-state index is 12.4. The Morgan fingerprint density at radius 3 is 1.78 bits per heavy atom. The molecule has 0 amide bonds. The minimum Gasteiger partial charge on any atom is -0.285 e. The molecule has 2 heterocycles. The molecule has 0 fully saturated rings. The number of rotatable bonds is 4. The van der Waals surface area contributed by atoms with E-state index >= 15 is 0 Å². The molecule has 2 rings (SSSR count). The molecule has 92 valence electrons. The van der Waals surface area contributed by atoms with Gasteiger partial charge in [-0.2, -0.15) is 0 Å². The van der Waals surface area contributed by atoms with Crippen LogP contribution >= 0.6 is 31.9 Å². The third kappa shape index (κ3) is 2.67. The predicted molar refractivity (Wildman–Crippen MR) is 77.2 cm³/mol. The van der Waals surface area contributed by atoms with Gasteiger partial charge in [-0.15, -0.1) is 0 Å². The van der Waals surface area contributed by atoms with Crippen molar-refractivity contribution in [1.29, 1.82) is 0 Å². The second kappa shape index (κ2) is 6.20. The van der Waals surface area contributed by atoms with Gasteiger partial charge < -0.3 is 0 Å². The lowest BCUT2D eigenvalue weighted by atomic mass is 10.1. The van der Waals surface area contributed by atoms with E-state index in [2.05, 4.69) is 41.8 Å². The summed E-state index contributed by atoms with van der Waals surface area (Å²) in [7, 11) is 0. The van der Waals surface area contributed by atoms with Crippen LogP contribution in [0.1, 0.15) is 27.3 Å². The largest absolute Gasteiger partial charge is 0.285 e. The zero-order valence-electron chi connectivity index (χ0n) is 9.44. The molecule has 0 aromatic carbocycles. The Morgan fingerprint density at radius 2 is 1.39 bits per heavy atom. The number of alkyl halides is 2. The monoisotopic (exact) mass is 368 g/mol. The lowest BCUT2D eigenvalue weighted by Gasteiger charge is -2.07. The van der Waals surface area contributed by atoms with Gasteiger partial charge in [0, 0.05) is 23.1 Å². The summed E-state index contributed by atoms with van der Waals surface area (Å²) in [5.74, 6) is -0.139. The summed E-state index contributed by atoms with van der Waals surface area (Å²) in [6.45, 7) is 0. The van der Waals surface area contributed by atoms with Crippen molar-refractivity contribution < 1.29 is 4.79 Å². The number of carbonyl (C=O) groups excluding carboxylic acids is 1. The Morgan fingerprint density at radius 1 is 0.944 bits per heavy atom. The predicted octanol–water partition coefficient (Wildman–Crippen LogP) is 3.50. The van der Waals surface area contributed by atoms with Crippen molar-refractivity contribution in [2.45, 2.75) is 10.7 Å². The fraction of sp³-hybridized carbons (Fsp3) is 0.154. The van der Waals surface area contributed by atoms with E-state index < -0.39 is 0 Å². The zero-order chi connectivity index (χ0) is 13.0. The number of pyridine rings is 2. The van der Waals surface area contributed by atoms with Gasteiger partial charge >= 0.3 is 0 Å². The van der Waals surface area contributed by atoms with Crippen LogP contribution in [0.2, 0.25) is 0 Å². The summed E-state index contributed by atoms with van der Waals surface area (Å²) < 4.78 is 0. The summed E-state index contributed by atoms with van der Waals surface area (Å²) in [5, 5.41) is 1.19. The van der Waals surface area contributed by atoms with E-state index in [1.807, 2.05) is 24.3 Å². The highest BCUT2D eigenvalue weighted by atomic mass is 79.9. The molecule has 0 bridgehead atoms. The third-order valence-electron chi connectivity index (χ3n) is 2.50. The first-order valence-corrected chi connectivity index (χ1v) is 7.56.